The van der Waals surface area contributed by atoms with Gasteiger partial charge in [-0.2, -0.15) is 5.10 Å². The van der Waals surface area contributed by atoms with Gasteiger partial charge in [-0.15, -0.1) is 0 Å². The van der Waals surface area contributed by atoms with Crippen LogP contribution < -0.4 is 10.9 Å². The summed E-state index contributed by atoms with van der Waals surface area (Å²) in [6.45, 7) is 1.95. The maximum absolute atomic E-state index is 13.3. The molecule has 2 aromatic carbocycles. The molecule has 1 amide bonds. The minimum Gasteiger partial charge on any atom is -0.326 e. The Kier molecular flexibility index (Phi) is 5.34. The third-order valence-corrected chi connectivity index (χ3v) is 7.29. The molecule has 0 bridgehead atoms. The summed E-state index contributed by atoms with van der Waals surface area (Å²) in [5.74, 6) is 0.0549. The maximum atomic E-state index is 13.3. The third kappa shape index (κ3) is 3.73. The molecule has 1 aliphatic rings. The zero-order valence-corrected chi connectivity index (χ0v) is 19.3. The number of hydrogen-bond donors (Lipinski definition) is 1. The molecule has 0 saturated heterocycles. The highest BCUT2D eigenvalue weighted by molar-refractivity contribution is 9.10. The number of benzene rings is 2. The fourth-order valence-corrected chi connectivity index (χ4v) is 5.08. The molecule has 0 radical (unpaired) electrons. The highest BCUT2D eigenvalue weighted by atomic mass is 79.9. The number of amides is 1. The number of carbonyl (C=O) groups is 1. The lowest BCUT2D eigenvalue weighted by molar-refractivity contribution is -0.116. The first-order valence-corrected chi connectivity index (χ1v) is 11.6. The molecule has 1 N–H and O–H groups in total. The van der Waals surface area contributed by atoms with E-state index in [4.69, 9.17) is 0 Å². The average Bonchev–Trinajstić information content (AvgIpc) is 3.36. The van der Waals surface area contributed by atoms with Crippen molar-refractivity contribution in [1.29, 1.82) is 0 Å². The van der Waals surface area contributed by atoms with E-state index in [2.05, 4.69) is 31.3 Å². The Labute approximate surface area is 194 Å². The SMILES string of the molecule is Cc1cc(NC(=O)CC2CSc3nc4c(cnn4-c4ccc(F)cc4)c(=O)n32)ccc1Br. The van der Waals surface area contributed by atoms with Crippen molar-refractivity contribution in [3.05, 3.63) is 74.9 Å². The number of fused-ring (bicyclic) bond motifs is 2. The second-order valence-electron chi connectivity index (χ2n) is 7.52. The molecule has 1 unspecified atom stereocenters. The van der Waals surface area contributed by atoms with Gasteiger partial charge in [-0.25, -0.2) is 14.1 Å². The first kappa shape index (κ1) is 20.9. The number of aromatic nitrogens is 4. The average molecular weight is 514 g/mol. The fraction of sp³-hybridized carbons (Fsp3) is 0.182. The lowest BCUT2D eigenvalue weighted by atomic mass is 10.2. The highest BCUT2D eigenvalue weighted by Crippen LogP contribution is 2.33. The van der Waals surface area contributed by atoms with Crippen LogP contribution in [0.1, 0.15) is 18.0 Å². The van der Waals surface area contributed by atoms with Crippen molar-refractivity contribution in [3.8, 4) is 5.69 Å². The number of carbonyl (C=O) groups excluding carboxylic acids is 1. The number of rotatable bonds is 4. The topological polar surface area (TPSA) is 81.8 Å². The second-order valence-corrected chi connectivity index (χ2v) is 9.36. The predicted molar refractivity (Wildman–Crippen MR) is 125 cm³/mol. The van der Waals surface area contributed by atoms with Crippen LogP contribution in [0, 0.1) is 12.7 Å². The maximum Gasteiger partial charge on any atom is 0.265 e. The summed E-state index contributed by atoms with van der Waals surface area (Å²) in [4.78, 5) is 30.5. The summed E-state index contributed by atoms with van der Waals surface area (Å²) < 4.78 is 17.3. The largest absolute Gasteiger partial charge is 0.326 e. The van der Waals surface area contributed by atoms with E-state index in [1.807, 2.05) is 25.1 Å². The van der Waals surface area contributed by atoms with Crippen molar-refractivity contribution in [2.45, 2.75) is 24.5 Å². The van der Waals surface area contributed by atoms with E-state index in [-0.39, 0.29) is 29.7 Å². The number of thioether (sulfide) groups is 1. The molecule has 0 aliphatic carbocycles. The Morgan fingerprint density at radius 1 is 1.28 bits per heavy atom. The molecular weight excluding hydrogens is 497 g/mol. The van der Waals surface area contributed by atoms with Crippen LogP contribution in [0.5, 0.6) is 0 Å². The van der Waals surface area contributed by atoms with Crippen molar-refractivity contribution in [2.75, 3.05) is 11.1 Å². The molecule has 2 aromatic heterocycles. The number of anilines is 1. The molecule has 3 heterocycles. The van der Waals surface area contributed by atoms with Crippen molar-refractivity contribution in [1.82, 2.24) is 19.3 Å². The van der Waals surface area contributed by atoms with Crippen LogP contribution in [0.2, 0.25) is 0 Å². The first-order valence-electron chi connectivity index (χ1n) is 9.86. The van der Waals surface area contributed by atoms with Gasteiger partial charge in [0.2, 0.25) is 5.91 Å². The number of hydrogen-bond acceptors (Lipinski definition) is 5. The van der Waals surface area contributed by atoms with Gasteiger partial charge >= 0.3 is 0 Å². The zero-order valence-electron chi connectivity index (χ0n) is 16.9. The summed E-state index contributed by atoms with van der Waals surface area (Å²) in [7, 11) is 0. The molecular formula is C22H17BrFN5O2S. The summed E-state index contributed by atoms with van der Waals surface area (Å²) in [5, 5.41) is 8.08. The second kappa shape index (κ2) is 8.18. The molecule has 0 saturated carbocycles. The Hall–Kier alpha value is -2.98. The van der Waals surface area contributed by atoms with Gasteiger partial charge in [0.15, 0.2) is 10.8 Å². The van der Waals surface area contributed by atoms with Gasteiger partial charge in [0.1, 0.15) is 11.2 Å². The summed E-state index contributed by atoms with van der Waals surface area (Å²) >= 11 is 4.88. The minimum atomic E-state index is -0.353. The standard InChI is InChI=1S/C22H17BrFN5O2S/c1-12-8-14(4-7-18(12)23)26-19(30)9-16-11-32-22-27-20-17(21(31)28(16)22)10-25-29(20)15-5-2-13(24)3-6-15/h2-8,10,16H,9,11H2,1H3,(H,26,30). The normalized spacial score (nSPS) is 15.2. The number of nitrogens with zero attached hydrogens (tertiary/aromatic N) is 4. The molecule has 1 atom stereocenters. The van der Waals surface area contributed by atoms with Gasteiger partial charge in [0, 0.05) is 22.3 Å². The van der Waals surface area contributed by atoms with Crippen LogP contribution in [0.3, 0.4) is 0 Å². The molecule has 1 aliphatic heterocycles. The number of nitrogens with one attached hydrogen (secondary N) is 1. The molecule has 0 spiro atoms. The fourth-order valence-electron chi connectivity index (χ4n) is 3.70. The minimum absolute atomic E-state index is 0.161. The molecule has 32 heavy (non-hydrogen) atoms. The van der Waals surface area contributed by atoms with Crippen LogP contribution in [0.25, 0.3) is 16.7 Å². The molecule has 10 heteroatoms. The van der Waals surface area contributed by atoms with Crippen molar-refractivity contribution in [3.63, 3.8) is 0 Å². The first-order chi connectivity index (χ1) is 15.4. The smallest absolute Gasteiger partial charge is 0.265 e. The Morgan fingerprint density at radius 2 is 2.06 bits per heavy atom. The Morgan fingerprint density at radius 3 is 2.81 bits per heavy atom. The lowest BCUT2D eigenvalue weighted by Crippen LogP contribution is -2.27. The van der Waals surface area contributed by atoms with Gasteiger partial charge in [-0.1, -0.05) is 27.7 Å². The van der Waals surface area contributed by atoms with E-state index in [1.165, 1.54) is 34.8 Å². The van der Waals surface area contributed by atoms with Crippen LogP contribution >= 0.6 is 27.7 Å². The molecule has 5 rings (SSSR count). The monoisotopic (exact) mass is 513 g/mol. The quantitative estimate of drug-likeness (QED) is 0.407. The van der Waals surface area contributed by atoms with E-state index in [1.54, 1.807) is 16.7 Å². The van der Waals surface area contributed by atoms with Crippen LogP contribution in [-0.2, 0) is 4.79 Å². The van der Waals surface area contributed by atoms with Gasteiger partial charge in [-0.05, 0) is 55.0 Å². The Balaban J connectivity index is 1.43. The third-order valence-electron chi connectivity index (χ3n) is 5.30. The summed E-state index contributed by atoms with van der Waals surface area (Å²) in [6.07, 6.45) is 1.63. The van der Waals surface area contributed by atoms with E-state index in [0.717, 1.165) is 10.0 Å². The number of aryl methyl sites for hydroxylation is 1. The van der Waals surface area contributed by atoms with Crippen LogP contribution in [0.4, 0.5) is 10.1 Å². The number of halogens is 2. The summed E-state index contributed by atoms with van der Waals surface area (Å²) in [6, 6.07) is 11.1. The van der Waals surface area contributed by atoms with E-state index < -0.39 is 0 Å². The van der Waals surface area contributed by atoms with E-state index in [0.29, 0.717) is 33.3 Å². The molecule has 4 aromatic rings. The van der Waals surface area contributed by atoms with Gasteiger partial charge in [0.25, 0.3) is 5.56 Å². The van der Waals surface area contributed by atoms with Gasteiger partial charge in [0.05, 0.1) is 17.9 Å². The molecule has 7 nitrogen and oxygen atoms in total. The van der Waals surface area contributed by atoms with Gasteiger partial charge < -0.3 is 5.32 Å². The summed E-state index contributed by atoms with van der Waals surface area (Å²) in [5.41, 5.74) is 2.52. The van der Waals surface area contributed by atoms with Gasteiger partial charge in [-0.3, -0.25) is 14.2 Å². The van der Waals surface area contributed by atoms with Crippen molar-refractivity contribution in [2.24, 2.45) is 0 Å². The zero-order chi connectivity index (χ0) is 22.4. The van der Waals surface area contributed by atoms with Crippen molar-refractivity contribution >= 4 is 50.3 Å². The van der Waals surface area contributed by atoms with Crippen LogP contribution in [0.15, 0.2) is 63.1 Å². The lowest BCUT2D eigenvalue weighted by Gasteiger charge is -2.14. The highest BCUT2D eigenvalue weighted by Gasteiger charge is 2.29. The van der Waals surface area contributed by atoms with Crippen LogP contribution in [-0.4, -0.2) is 31.0 Å². The predicted octanol–water partition coefficient (Wildman–Crippen LogP) is 4.47. The molecule has 0 fully saturated rings. The van der Waals surface area contributed by atoms with Crippen molar-refractivity contribution < 1.29 is 9.18 Å². The van der Waals surface area contributed by atoms with E-state index in [9.17, 15) is 14.0 Å². The Bertz CT molecular complexity index is 1420. The molecule has 162 valence electrons. The van der Waals surface area contributed by atoms with E-state index >= 15 is 0 Å².